The Morgan fingerprint density at radius 2 is 1.80 bits per heavy atom. The van der Waals surface area contributed by atoms with E-state index in [1.54, 1.807) is 29.2 Å². The number of carbonyl (C=O) groups is 2. The number of ether oxygens (including phenoxy) is 1. The van der Waals surface area contributed by atoms with Crippen molar-refractivity contribution in [2.24, 2.45) is 0 Å². The van der Waals surface area contributed by atoms with Crippen LogP contribution in [0.25, 0.3) is 0 Å². The van der Waals surface area contributed by atoms with Crippen molar-refractivity contribution >= 4 is 46.6 Å². The monoisotopic (exact) mass is 443 g/mol. The smallest absolute Gasteiger partial charge is 0.269 e. The molecule has 0 saturated carbocycles. The van der Waals surface area contributed by atoms with Crippen molar-refractivity contribution in [3.05, 3.63) is 59.1 Å². The minimum atomic E-state index is -1.10. The first-order valence-electron chi connectivity index (χ1n) is 10.0. The van der Waals surface area contributed by atoms with Gasteiger partial charge in [0.2, 0.25) is 10.8 Å². The molecule has 0 aromatic heterocycles. The summed E-state index contributed by atoms with van der Waals surface area (Å²) in [6, 6.07) is 14.9. The molecule has 30 heavy (non-hydrogen) atoms. The molecule has 2 aromatic carbocycles. The number of anilines is 2. The molecule has 5 rings (SSSR count). The SMILES string of the molecule is C[C@H]1S[C@@]2(C(=O)N(CN3CCOCC3)c3ccccc32)N(c2ccc(Cl)cc2)C1=O. The van der Waals surface area contributed by atoms with Crippen LogP contribution in [0.5, 0.6) is 0 Å². The lowest BCUT2D eigenvalue weighted by atomic mass is 10.0. The molecule has 2 aromatic rings. The maximum absolute atomic E-state index is 14.0. The van der Waals surface area contributed by atoms with Gasteiger partial charge in [-0.05, 0) is 37.3 Å². The van der Waals surface area contributed by atoms with E-state index in [0.29, 0.717) is 30.6 Å². The number of morpholine rings is 1. The Hall–Kier alpha value is -2.06. The Labute approximate surface area is 184 Å². The van der Waals surface area contributed by atoms with Crippen molar-refractivity contribution in [3.63, 3.8) is 0 Å². The zero-order valence-corrected chi connectivity index (χ0v) is 18.2. The number of thioether (sulfide) groups is 1. The minimum Gasteiger partial charge on any atom is -0.379 e. The molecule has 0 N–H and O–H groups in total. The Morgan fingerprint density at radius 3 is 2.53 bits per heavy atom. The third-order valence-electron chi connectivity index (χ3n) is 5.86. The number of halogens is 1. The first-order chi connectivity index (χ1) is 14.5. The van der Waals surface area contributed by atoms with Crippen LogP contribution in [0.1, 0.15) is 12.5 Å². The number of fused-ring (bicyclic) bond motifs is 2. The standard InChI is InChI=1S/C22H22ClN3O3S/c1-15-20(27)26(17-8-6-16(23)7-9-17)22(30-15)18-4-2-3-5-19(18)25(21(22)28)14-24-10-12-29-13-11-24/h2-9,15H,10-14H2,1H3/t15-,22+/m1/s1. The first kappa shape index (κ1) is 19.9. The Kier molecular flexibility index (Phi) is 5.01. The molecule has 2 amide bonds. The maximum Gasteiger partial charge on any atom is 0.269 e. The van der Waals surface area contributed by atoms with Gasteiger partial charge in [0.05, 0.1) is 30.8 Å². The van der Waals surface area contributed by atoms with E-state index in [0.717, 1.165) is 24.3 Å². The molecule has 3 aliphatic rings. The number of hydrogen-bond acceptors (Lipinski definition) is 5. The highest BCUT2D eigenvalue weighted by molar-refractivity contribution is 8.03. The summed E-state index contributed by atoms with van der Waals surface area (Å²) in [7, 11) is 0. The number of carbonyl (C=O) groups excluding carboxylic acids is 2. The molecule has 2 saturated heterocycles. The molecule has 2 atom stereocenters. The number of nitrogens with zero attached hydrogens (tertiary/aromatic N) is 3. The summed E-state index contributed by atoms with van der Waals surface area (Å²) in [6.45, 7) is 5.24. The molecule has 3 heterocycles. The summed E-state index contributed by atoms with van der Waals surface area (Å²) in [6.07, 6.45) is 0. The lowest BCUT2D eigenvalue weighted by Gasteiger charge is -2.35. The molecule has 2 fully saturated rings. The molecule has 8 heteroatoms. The van der Waals surface area contributed by atoms with E-state index in [9.17, 15) is 9.59 Å². The summed E-state index contributed by atoms with van der Waals surface area (Å²) in [4.78, 5) is 31.9. The molecule has 0 aliphatic carbocycles. The van der Waals surface area contributed by atoms with Crippen molar-refractivity contribution in [2.75, 3.05) is 42.8 Å². The van der Waals surface area contributed by atoms with Crippen LogP contribution in [-0.2, 0) is 19.2 Å². The zero-order chi connectivity index (χ0) is 20.9. The van der Waals surface area contributed by atoms with Crippen molar-refractivity contribution in [1.29, 1.82) is 0 Å². The lowest BCUT2D eigenvalue weighted by Crippen LogP contribution is -2.52. The average molecular weight is 444 g/mol. The topological polar surface area (TPSA) is 53.1 Å². The molecule has 0 unspecified atom stereocenters. The Balaban J connectivity index is 1.61. The van der Waals surface area contributed by atoms with Gasteiger partial charge in [0.1, 0.15) is 0 Å². The van der Waals surface area contributed by atoms with Crippen molar-refractivity contribution in [1.82, 2.24) is 4.90 Å². The second kappa shape index (κ2) is 7.57. The Morgan fingerprint density at radius 1 is 1.10 bits per heavy atom. The highest BCUT2D eigenvalue weighted by Crippen LogP contribution is 2.57. The van der Waals surface area contributed by atoms with Gasteiger partial charge in [0.15, 0.2) is 0 Å². The molecule has 156 valence electrons. The molecular weight excluding hydrogens is 422 g/mol. The van der Waals surface area contributed by atoms with E-state index in [2.05, 4.69) is 4.90 Å². The summed E-state index contributed by atoms with van der Waals surface area (Å²) >= 11 is 7.49. The fourth-order valence-corrected chi connectivity index (χ4v) is 6.07. The van der Waals surface area contributed by atoms with Gasteiger partial charge in [-0.1, -0.05) is 29.8 Å². The van der Waals surface area contributed by atoms with Crippen molar-refractivity contribution in [2.45, 2.75) is 17.0 Å². The van der Waals surface area contributed by atoms with Gasteiger partial charge in [0.25, 0.3) is 5.91 Å². The Bertz CT molecular complexity index is 995. The average Bonchev–Trinajstić information content (AvgIpc) is 3.16. The van der Waals surface area contributed by atoms with E-state index in [1.807, 2.05) is 36.1 Å². The van der Waals surface area contributed by atoms with Crippen molar-refractivity contribution < 1.29 is 14.3 Å². The van der Waals surface area contributed by atoms with Gasteiger partial charge in [-0.3, -0.25) is 24.3 Å². The van der Waals surface area contributed by atoms with E-state index >= 15 is 0 Å². The van der Waals surface area contributed by atoms with Crippen LogP contribution < -0.4 is 9.80 Å². The van der Waals surface area contributed by atoms with Gasteiger partial charge in [-0.15, -0.1) is 11.8 Å². The van der Waals surface area contributed by atoms with E-state index in [4.69, 9.17) is 16.3 Å². The molecule has 1 spiro atoms. The van der Waals surface area contributed by atoms with Gasteiger partial charge in [0, 0.05) is 29.4 Å². The number of hydrogen-bond donors (Lipinski definition) is 0. The normalized spacial score (nSPS) is 26.7. The fraction of sp³-hybridized carbons (Fsp3) is 0.364. The number of para-hydroxylation sites is 1. The quantitative estimate of drug-likeness (QED) is 0.728. The summed E-state index contributed by atoms with van der Waals surface area (Å²) in [5.41, 5.74) is 2.40. The van der Waals surface area contributed by atoms with Gasteiger partial charge in [-0.2, -0.15) is 0 Å². The van der Waals surface area contributed by atoms with E-state index < -0.39 is 4.87 Å². The fourth-order valence-electron chi connectivity index (χ4n) is 4.41. The summed E-state index contributed by atoms with van der Waals surface area (Å²) < 4.78 is 5.45. The van der Waals surface area contributed by atoms with Crippen LogP contribution in [0.4, 0.5) is 11.4 Å². The molecule has 6 nitrogen and oxygen atoms in total. The molecule has 0 bridgehead atoms. The van der Waals surface area contributed by atoms with Crippen molar-refractivity contribution in [3.8, 4) is 0 Å². The van der Waals surface area contributed by atoms with Crippen LogP contribution in [0.2, 0.25) is 5.02 Å². The molecular formula is C22H22ClN3O3S. The van der Waals surface area contributed by atoms with E-state index in [-0.39, 0.29) is 17.1 Å². The van der Waals surface area contributed by atoms with Crippen LogP contribution in [0.3, 0.4) is 0 Å². The third kappa shape index (κ3) is 2.95. The van der Waals surface area contributed by atoms with Crippen LogP contribution in [0, 0.1) is 0 Å². The minimum absolute atomic E-state index is 0.0706. The summed E-state index contributed by atoms with van der Waals surface area (Å²) in [5, 5.41) is 0.258. The molecule has 3 aliphatic heterocycles. The zero-order valence-electron chi connectivity index (χ0n) is 16.6. The molecule has 0 radical (unpaired) electrons. The highest BCUT2D eigenvalue weighted by atomic mass is 35.5. The number of rotatable bonds is 3. The summed E-state index contributed by atoms with van der Waals surface area (Å²) in [5.74, 6) is -0.147. The maximum atomic E-state index is 14.0. The lowest BCUT2D eigenvalue weighted by molar-refractivity contribution is -0.124. The van der Waals surface area contributed by atoms with Crippen LogP contribution in [-0.4, -0.2) is 54.9 Å². The van der Waals surface area contributed by atoms with Crippen LogP contribution >= 0.6 is 23.4 Å². The number of benzene rings is 2. The van der Waals surface area contributed by atoms with Gasteiger partial charge in [-0.25, -0.2) is 0 Å². The van der Waals surface area contributed by atoms with Gasteiger partial charge < -0.3 is 4.74 Å². The second-order valence-electron chi connectivity index (χ2n) is 7.68. The first-order valence-corrected chi connectivity index (χ1v) is 11.3. The van der Waals surface area contributed by atoms with E-state index in [1.165, 1.54) is 11.8 Å². The predicted octanol–water partition coefficient (Wildman–Crippen LogP) is 3.30. The third-order valence-corrected chi connectivity index (χ3v) is 7.58. The van der Waals surface area contributed by atoms with Crippen LogP contribution in [0.15, 0.2) is 48.5 Å². The highest BCUT2D eigenvalue weighted by Gasteiger charge is 2.63. The van der Waals surface area contributed by atoms with Gasteiger partial charge >= 0.3 is 0 Å². The second-order valence-corrected chi connectivity index (χ2v) is 9.65. The predicted molar refractivity (Wildman–Crippen MR) is 119 cm³/mol. The number of amides is 2. The largest absolute Gasteiger partial charge is 0.379 e.